The van der Waals surface area contributed by atoms with Crippen LogP contribution in [-0.4, -0.2) is 41.8 Å². The third kappa shape index (κ3) is 7.28. The van der Waals surface area contributed by atoms with Gasteiger partial charge in [0.25, 0.3) is 0 Å². The molecule has 0 radical (unpaired) electrons. The van der Waals surface area contributed by atoms with Crippen molar-refractivity contribution in [3.63, 3.8) is 0 Å². The molecule has 2 N–H and O–H groups in total. The summed E-state index contributed by atoms with van der Waals surface area (Å²) in [7, 11) is -1.05. The van der Waals surface area contributed by atoms with Crippen LogP contribution in [0.4, 0.5) is 4.79 Å². The van der Waals surface area contributed by atoms with Gasteiger partial charge in [0.05, 0.1) is 14.2 Å². The molecule has 0 bridgehead atoms. The van der Waals surface area contributed by atoms with Crippen LogP contribution >= 0.6 is 0 Å². The third-order valence-corrected chi connectivity index (χ3v) is 3.73. The summed E-state index contributed by atoms with van der Waals surface area (Å²) in [6.45, 7) is 4.43. The summed E-state index contributed by atoms with van der Waals surface area (Å²) in [6, 6.07) is 6.27. The van der Waals surface area contributed by atoms with E-state index < -0.39 is 16.1 Å². The van der Waals surface area contributed by atoms with Gasteiger partial charge < -0.3 is 14.8 Å². The van der Waals surface area contributed by atoms with Gasteiger partial charge >= 0.3 is 6.09 Å². The van der Waals surface area contributed by atoms with Crippen molar-refractivity contribution in [2.75, 3.05) is 27.3 Å². The summed E-state index contributed by atoms with van der Waals surface area (Å²) in [5.41, 5.74) is 0. The zero-order valence-corrected chi connectivity index (χ0v) is 14.2. The largest absolute Gasteiger partial charge is 0.495 e. The van der Waals surface area contributed by atoms with Crippen molar-refractivity contribution in [3.05, 3.63) is 24.3 Å². The van der Waals surface area contributed by atoms with Crippen molar-refractivity contribution >= 4 is 16.1 Å². The summed E-state index contributed by atoms with van der Waals surface area (Å²) >= 11 is 0. The Labute approximate surface area is 132 Å². The number of carbonyl (C=O) groups excluding carboxylic acids is 1. The summed E-state index contributed by atoms with van der Waals surface area (Å²) in [5, 5.41) is 2.37. The van der Waals surface area contributed by atoms with Crippen molar-refractivity contribution in [2.45, 2.75) is 25.2 Å². The number of rotatable bonds is 6. The highest BCUT2D eigenvalue weighted by Gasteiger charge is 2.18. The van der Waals surface area contributed by atoms with Crippen LogP contribution < -0.4 is 14.8 Å². The van der Waals surface area contributed by atoms with E-state index in [0.29, 0.717) is 0 Å². The number of alkyl carbamates (subject to hydrolysis) is 1. The number of amides is 1. The first kappa shape index (κ1) is 20.2. The average Bonchev–Trinajstić information content (AvgIpc) is 2.52. The van der Waals surface area contributed by atoms with E-state index in [2.05, 4.69) is 28.6 Å². The van der Waals surface area contributed by atoms with E-state index in [0.717, 1.165) is 0 Å². The third-order valence-electron chi connectivity index (χ3n) is 2.23. The number of hydrogen-bond acceptors (Lipinski definition) is 5. The molecule has 0 spiro atoms. The van der Waals surface area contributed by atoms with Crippen LogP contribution in [0.15, 0.2) is 29.2 Å². The molecule has 0 fully saturated rings. The maximum absolute atomic E-state index is 12.0. The minimum Gasteiger partial charge on any atom is -0.495 e. The van der Waals surface area contributed by atoms with Gasteiger partial charge in [0.15, 0.2) is 0 Å². The monoisotopic (exact) mass is 332 g/mol. The fourth-order valence-electron chi connectivity index (χ4n) is 1.34. The Morgan fingerprint density at radius 3 is 2.27 bits per heavy atom. The molecule has 0 aliphatic heterocycles. The highest BCUT2D eigenvalue weighted by molar-refractivity contribution is 7.89. The van der Waals surface area contributed by atoms with Crippen LogP contribution in [0.3, 0.4) is 0 Å². The average molecular weight is 332 g/mol. The summed E-state index contributed by atoms with van der Waals surface area (Å²) in [6.07, 6.45) is 0.636. The second-order valence-electron chi connectivity index (χ2n) is 4.17. The smallest absolute Gasteiger partial charge is 0.406 e. The van der Waals surface area contributed by atoms with Crippen LogP contribution in [0.2, 0.25) is 0 Å². The lowest BCUT2D eigenvalue weighted by molar-refractivity contribution is 0.171. The first-order valence-corrected chi connectivity index (χ1v) is 8.35. The Morgan fingerprint density at radius 2 is 1.73 bits per heavy atom. The molecule has 8 heteroatoms. The molecule has 0 aliphatic rings. The molecule has 0 heterocycles. The normalized spacial score (nSPS) is 10.2. The number of carbonyl (C=O) groups is 1. The van der Waals surface area contributed by atoms with Gasteiger partial charge in [-0.25, -0.2) is 17.9 Å². The minimum atomic E-state index is -3.67. The molecule has 0 unspecified atom stereocenters. The van der Waals surface area contributed by atoms with E-state index in [4.69, 9.17) is 4.74 Å². The second kappa shape index (κ2) is 10.9. The van der Waals surface area contributed by atoms with Gasteiger partial charge in [-0.3, -0.25) is 0 Å². The standard InChI is InChI=1S/C11H16N2O5S.C3H8/c1-17-9-5-3-4-6-10(9)19(15,16)13-8-7-12-11(14)18-2;1-3-2/h3-6,13H,7-8H2,1-2H3,(H,12,14);3H2,1-2H3. The highest BCUT2D eigenvalue weighted by Crippen LogP contribution is 2.22. The summed E-state index contributed by atoms with van der Waals surface area (Å²) < 4.78 is 35.7. The fourth-order valence-corrected chi connectivity index (χ4v) is 2.54. The number of para-hydroxylation sites is 1. The van der Waals surface area contributed by atoms with Gasteiger partial charge in [0, 0.05) is 13.1 Å². The maximum atomic E-state index is 12.0. The Morgan fingerprint density at radius 1 is 1.14 bits per heavy atom. The van der Waals surface area contributed by atoms with Crippen LogP contribution in [0.1, 0.15) is 20.3 Å². The molecule has 0 aromatic heterocycles. The molecule has 126 valence electrons. The topological polar surface area (TPSA) is 93.7 Å². The fraction of sp³-hybridized carbons (Fsp3) is 0.500. The minimum absolute atomic E-state index is 0.0511. The number of nitrogens with one attached hydrogen (secondary N) is 2. The Balaban J connectivity index is 0.00000135. The van der Waals surface area contributed by atoms with E-state index in [-0.39, 0.29) is 23.7 Å². The molecule has 0 saturated heterocycles. The first-order chi connectivity index (χ1) is 10.4. The molecule has 22 heavy (non-hydrogen) atoms. The van der Waals surface area contributed by atoms with E-state index in [1.807, 2.05) is 0 Å². The van der Waals surface area contributed by atoms with Gasteiger partial charge in [-0.05, 0) is 12.1 Å². The van der Waals surface area contributed by atoms with Gasteiger partial charge in [0.1, 0.15) is 10.6 Å². The Kier molecular flexibility index (Phi) is 9.97. The number of ether oxygens (including phenoxy) is 2. The predicted octanol–water partition coefficient (Wildman–Crippen LogP) is 1.75. The molecule has 0 atom stereocenters. The molecule has 0 aliphatic carbocycles. The molecule has 1 aromatic carbocycles. The van der Waals surface area contributed by atoms with Crippen LogP contribution in [0, 0.1) is 0 Å². The second-order valence-corrected chi connectivity index (χ2v) is 5.91. The van der Waals surface area contributed by atoms with E-state index >= 15 is 0 Å². The van der Waals surface area contributed by atoms with Crippen molar-refractivity contribution in [1.82, 2.24) is 10.0 Å². The van der Waals surface area contributed by atoms with Gasteiger partial charge in [-0.2, -0.15) is 0 Å². The van der Waals surface area contributed by atoms with Crippen LogP contribution in [-0.2, 0) is 14.8 Å². The Bertz CT molecular complexity index is 546. The summed E-state index contributed by atoms with van der Waals surface area (Å²) in [5.74, 6) is 0.260. The molecule has 7 nitrogen and oxygen atoms in total. The van der Waals surface area contributed by atoms with Gasteiger partial charge in [-0.15, -0.1) is 0 Å². The van der Waals surface area contributed by atoms with Crippen molar-refractivity contribution in [3.8, 4) is 5.75 Å². The van der Waals surface area contributed by atoms with Crippen molar-refractivity contribution in [1.29, 1.82) is 0 Å². The SMILES string of the molecule is CCC.COC(=O)NCCNS(=O)(=O)c1ccccc1OC. The molecule has 0 saturated carbocycles. The zero-order chi connectivity index (χ0) is 17.0. The van der Waals surface area contributed by atoms with Gasteiger partial charge in [-0.1, -0.05) is 32.4 Å². The highest BCUT2D eigenvalue weighted by atomic mass is 32.2. The molecular weight excluding hydrogens is 308 g/mol. The zero-order valence-electron chi connectivity index (χ0n) is 13.4. The molecule has 1 amide bonds. The number of sulfonamides is 1. The number of benzene rings is 1. The lowest BCUT2D eigenvalue weighted by Gasteiger charge is -2.10. The number of hydrogen-bond donors (Lipinski definition) is 2. The summed E-state index contributed by atoms with van der Waals surface area (Å²) in [4.78, 5) is 10.8. The molecule has 1 rings (SSSR count). The van der Waals surface area contributed by atoms with Crippen LogP contribution in [0.5, 0.6) is 5.75 Å². The lowest BCUT2D eigenvalue weighted by atomic mass is 10.3. The lowest BCUT2D eigenvalue weighted by Crippen LogP contribution is -2.34. The first-order valence-electron chi connectivity index (χ1n) is 6.87. The van der Waals surface area contributed by atoms with Crippen molar-refractivity contribution < 1.29 is 22.7 Å². The molecular formula is C14H24N2O5S. The van der Waals surface area contributed by atoms with Crippen LogP contribution in [0.25, 0.3) is 0 Å². The maximum Gasteiger partial charge on any atom is 0.406 e. The van der Waals surface area contributed by atoms with Crippen molar-refractivity contribution in [2.24, 2.45) is 0 Å². The number of methoxy groups -OCH3 is 2. The quantitative estimate of drug-likeness (QED) is 0.774. The predicted molar refractivity (Wildman–Crippen MR) is 84.6 cm³/mol. The van der Waals surface area contributed by atoms with E-state index in [1.54, 1.807) is 18.2 Å². The van der Waals surface area contributed by atoms with E-state index in [9.17, 15) is 13.2 Å². The molecule has 1 aromatic rings. The van der Waals surface area contributed by atoms with Gasteiger partial charge in [0.2, 0.25) is 10.0 Å². The Hall–Kier alpha value is -1.80. The van der Waals surface area contributed by atoms with E-state index in [1.165, 1.54) is 26.7 Å².